The van der Waals surface area contributed by atoms with Crippen molar-refractivity contribution in [3.8, 4) is 5.75 Å². The van der Waals surface area contributed by atoms with Gasteiger partial charge in [0.05, 0.1) is 12.8 Å². The van der Waals surface area contributed by atoms with Crippen molar-refractivity contribution in [2.75, 3.05) is 12.4 Å². The van der Waals surface area contributed by atoms with Gasteiger partial charge in [0.25, 0.3) is 11.5 Å². The largest absolute Gasteiger partial charge is 0.497 e. The molecule has 0 aliphatic carbocycles. The number of aromatic amines is 1. The number of nitrogens with zero attached hydrogens (tertiary/aromatic N) is 1. The number of nitrogens with one attached hydrogen (secondary N) is 2. The summed E-state index contributed by atoms with van der Waals surface area (Å²) in [4.78, 5) is 34.1. The maximum Gasteiger partial charge on any atom is 0.274 e. The molecule has 0 radical (unpaired) electrons. The number of H-pyrrole nitrogens is 1. The van der Waals surface area contributed by atoms with Crippen LogP contribution in [0, 0.1) is 0 Å². The Morgan fingerprint density at radius 3 is 2.47 bits per heavy atom. The summed E-state index contributed by atoms with van der Waals surface area (Å²) in [6, 6.07) is 26.1. The third-order valence-electron chi connectivity index (χ3n) is 4.66. The second-order valence-electron chi connectivity index (χ2n) is 6.97. The Bertz CT molecular complexity index is 1270. The molecule has 0 aliphatic rings. The molecule has 0 aliphatic heterocycles. The quantitative estimate of drug-likeness (QED) is 0.430. The van der Waals surface area contributed by atoms with E-state index in [9.17, 15) is 9.59 Å². The number of para-hydroxylation sites is 1. The Morgan fingerprint density at radius 1 is 1.00 bits per heavy atom. The maximum absolute atomic E-state index is 12.9. The Labute approximate surface area is 189 Å². The lowest BCUT2D eigenvalue weighted by atomic mass is 10.1. The Kier molecular flexibility index (Phi) is 6.67. The smallest absolute Gasteiger partial charge is 0.274 e. The van der Waals surface area contributed by atoms with Crippen molar-refractivity contribution >= 4 is 23.4 Å². The number of amides is 1. The zero-order valence-electron chi connectivity index (χ0n) is 17.4. The summed E-state index contributed by atoms with van der Waals surface area (Å²) >= 11 is 1.55. The van der Waals surface area contributed by atoms with Crippen LogP contribution in [0.3, 0.4) is 0 Å². The first-order valence-electron chi connectivity index (χ1n) is 9.97. The van der Waals surface area contributed by atoms with E-state index in [1.54, 1.807) is 18.9 Å². The van der Waals surface area contributed by atoms with E-state index in [2.05, 4.69) is 15.3 Å². The number of benzene rings is 3. The van der Waals surface area contributed by atoms with E-state index in [4.69, 9.17) is 4.74 Å². The maximum atomic E-state index is 12.9. The predicted molar refractivity (Wildman–Crippen MR) is 126 cm³/mol. The van der Waals surface area contributed by atoms with Gasteiger partial charge in [-0.15, -0.1) is 0 Å². The lowest BCUT2D eigenvalue weighted by molar-refractivity contribution is 0.102. The molecule has 7 heteroatoms. The number of hydrogen-bond donors (Lipinski definition) is 2. The molecule has 0 saturated heterocycles. The van der Waals surface area contributed by atoms with Crippen LogP contribution in [0.2, 0.25) is 0 Å². The molecule has 4 rings (SSSR count). The monoisotopic (exact) mass is 443 g/mol. The number of carbonyl (C=O) groups is 1. The average Bonchev–Trinajstić information content (AvgIpc) is 2.81. The topological polar surface area (TPSA) is 84.1 Å². The van der Waals surface area contributed by atoms with Gasteiger partial charge in [-0.2, -0.15) is 0 Å². The van der Waals surface area contributed by atoms with E-state index in [-0.39, 0.29) is 11.3 Å². The van der Waals surface area contributed by atoms with Gasteiger partial charge in [-0.3, -0.25) is 9.59 Å². The molecule has 0 saturated carbocycles. The SMILES string of the molecule is COc1ccc(Cc2nc(C(=O)Nc3ccccc3Sc3ccccc3)cc(=O)[nH]2)cc1. The van der Waals surface area contributed by atoms with Gasteiger partial charge in [0, 0.05) is 22.3 Å². The zero-order valence-corrected chi connectivity index (χ0v) is 18.2. The highest BCUT2D eigenvalue weighted by Crippen LogP contribution is 2.33. The molecule has 0 fully saturated rings. The molecule has 2 N–H and O–H groups in total. The Morgan fingerprint density at radius 2 is 1.72 bits per heavy atom. The molecule has 0 spiro atoms. The van der Waals surface area contributed by atoms with Gasteiger partial charge < -0.3 is 15.0 Å². The van der Waals surface area contributed by atoms with Crippen molar-refractivity contribution in [1.29, 1.82) is 0 Å². The minimum absolute atomic E-state index is 0.0665. The van der Waals surface area contributed by atoms with Crippen LogP contribution < -0.4 is 15.6 Å². The summed E-state index contributed by atoms with van der Waals surface area (Å²) in [5.41, 5.74) is 1.29. The van der Waals surface area contributed by atoms with Crippen LogP contribution in [-0.4, -0.2) is 23.0 Å². The molecule has 0 atom stereocenters. The molecular weight excluding hydrogens is 422 g/mol. The second kappa shape index (κ2) is 9.98. The summed E-state index contributed by atoms with van der Waals surface area (Å²) in [6.07, 6.45) is 0.390. The highest BCUT2D eigenvalue weighted by molar-refractivity contribution is 7.99. The fourth-order valence-electron chi connectivity index (χ4n) is 3.11. The minimum atomic E-state index is -0.437. The van der Waals surface area contributed by atoms with Crippen LogP contribution in [0.25, 0.3) is 0 Å². The van der Waals surface area contributed by atoms with E-state index in [1.165, 1.54) is 6.07 Å². The summed E-state index contributed by atoms with van der Waals surface area (Å²) in [7, 11) is 1.60. The fourth-order valence-corrected chi connectivity index (χ4v) is 4.03. The first-order chi connectivity index (χ1) is 15.6. The molecule has 32 heavy (non-hydrogen) atoms. The van der Waals surface area contributed by atoms with Crippen molar-refractivity contribution < 1.29 is 9.53 Å². The van der Waals surface area contributed by atoms with Gasteiger partial charge in [0.15, 0.2) is 0 Å². The van der Waals surface area contributed by atoms with Crippen LogP contribution in [0.4, 0.5) is 5.69 Å². The lowest BCUT2D eigenvalue weighted by Crippen LogP contribution is -2.20. The van der Waals surface area contributed by atoms with Crippen LogP contribution >= 0.6 is 11.8 Å². The number of ether oxygens (including phenoxy) is 1. The number of anilines is 1. The van der Waals surface area contributed by atoms with Crippen molar-refractivity contribution in [2.24, 2.45) is 0 Å². The second-order valence-corrected chi connectivity index (χ2v) is 8.08. The van der Waals surface area contributed by atoms with Gasteiger partial charge in [-0.1, -0.05) is 54.2 Å². The molecule has 0 bridgehead atoms. The number of carbonyl (C=O) groups excluding carboxylic acids is 1. The van der Waals surface area contributed by atoms with Gasteiger partial charge >= 0.3 is 0 Å². The molecule has 4 aromatic rings. The third-order valence-corrected chi connectivity index (χ3v) is 5.74. The van der Waals surface area contributed by atoms with E-state index >= 15 is 0 Å². The van der Waals surface area contributed by atoms with E-state index < -0.39 is 5.91 Å². The van der Waals surface area contributed by atoms with Gasteiger partial charge in [-0.25, -0.2) is 4.98 Å². The van der Waals surface area contributed by atoms with Crippen LogP contribution in [0.1, 0.15) is 21.9 Å². The normalized spacial score (nSPS) is 10.5. The molecule has 160 valence electrons. The van der Waals surface area contributed by atoms with Crippen LogP contribution in [0.5, 0.6) is 5.75 Å². The highest BCUT2D eigenvalue weighted by atomic mass is 32.2. The molecule has 1 amide bonds. The van der Waals surface area contributed by atoms with E-state index in [0.29, 0.717) is 17.9 Å². The molecule has 6 nitrogen and oxygen atoms in total. The van der Waals surface area contributed by atoms with Crippen LogP contribution in [0.15, 0.2) is 99.5 Å². The zero-order chi connectivity index (χ0) is 22.3. The summed E-state index contributed by atoms with van der Waals surface area (Å²) in [6.45, 7) is 0. The van der Waals surface area contributed by atoms with Crippen molar-refractivity contribution in [3.05, 3.63) is 112 Å². The standard InChI is InChI=1S/C25H21N3O3S/c1-31-18-13-11-17(12-14-18)15-23-26-21(16-24(29)28-23)25(30)27-20-9-5-6-10-22(20)32-19-7-3-2-4-8-19/h2-14,16H,15H2,1H3,(H,27,30)(H,26,28,29). The fraction of sp³-hybridized carbons (Fsp3) is 0.0800. The first-order valence-corrected chi connectivity index (χ1v) is 10.8. The van der Waals surface area contributed by atoms with Crippen molar-refractivity contribution in [2.45, 2.75) is 16.2 Å². The number of methoxy groups -OCH3 is 1. The van der Waals surface area contributed by atoms with Gasteiger partial charge in [-0.05, 0) is 42.0 Å². The van der Waals surface area contributed by atoms with Crippen molar-refractivity contribution in [3.63, 3.8) is 0 Å². The first kappa shape index (κ1) is 21.4. The summed E-state index contributed by atoms with van der Waals surface area (Å²) in [5.74, 6) is 0.725. The molecular formula is C25H21N3O3S. The molecule has 1 heterocycles. The predicted octanol–water partition coefficient (Wildman–Crippen LogP) is 4.77. The Hall–Kier alpha value is -3.84. The lowest BCUT2D eigenvalue weighted by Gasteiger charge is -2.11. The van der Waals surface area contributed by atoms with E-state index in [0.717, 1.165) is 21.1 Å². The minimum Gasteiger partial charge on any atom is -0.497 e. The highest BCUT2D eigenvalue weighted by Gasteiger charge is 2.13. The van der Waals surface area contributed by atoms with Crippen LogP contribution in [-0.2, 0) is 6.42 Å². The molecule has 1 aromatic heterocycles. The average molecular weight is 444 g/mol. The van der Waals surface area contributed by atoms with Gasteiger partial charge in [0.2, 0.25) is 0 Å². The third kappa shape index (κ3) is 5.44. The number of aromatic nitrogens is 2. The molecule has 0 unspecified atom stereocenters. The summed E-state index contributed by atoms with van der Waals surface area (Å²) in [5, 5.41) is 2.89. The Balaban J connectivity index is 1.53. The number of rotatable bonds is 7. The van der Waals surface area contributed by atoms with E-state index in [1.807, 2.05) is 78.9 Å². The number of hydrogen-bond acceptors (Lipinski definition) is 5. The summed E-state index contributed by atoms with van der Waals surface area (Å²) < 4.78 is 5.16. The van der Waals surface area contributed by atoms with Gasteiger partial charge in [0.1, 0.15) is 17.3 Å². The molecule has 3 aromatic carbocycles. The van der Waals surface area contributed by atoms with Crippen molar-refractivity contribution in [1.82, 2.24) is 9.97 Å².